The molecule has 25 heavy (non-hydrogen) atoms. The second-order valence-electron chi connectivity index (χ2n) is 5.80. The lowest BCUT2D eigenvalue weighted by Gasteiger charge is -2.06. The average molecular weight is 362 g/mol. The number of hydrogen-bond acceptors (Lipinski definition) is 3. The molecule has 0 unspecified atom stereocenters. The third kappa shape index (κ3) is 5.44. The number of ether oxygens (including phenoxy) is 1. The number of nitrogens with one attached hydrogen (secondary N) is 1. The van der Waals surface area contributed by atoms with Crippen LogP contribution in [0, 0.1) is 13.8 Å². The van der Waals surface area contributed by atoms with Gasteiger partial charge in [-0.25, -0.2) is 0 Å². The van der Waals surface area contributed by atoms with Crippen LogP contribution in [0.3, 0.4) is 0 Å². The molecule has 0 aliphatic carbocycles. The van der Waals surface area contributed by atoms with E-state index in [1.807, 2.05) is 48.9 Å². The fourth-order valence-electron chi connectivity index (χ4n) is 2.54. The molecule has 0 aliphatic heterocycles. The monoisotopic (exact) mass is 361 g/mol. The third-order valence-corrected chi connectivity index (χ3v) is 4.31. The third-order valence-electron chi connectivity index (χ3n) is 3.94. The highest BCUT2D eigenvalue weighted by molar-refractivity contribution is 6.31. The molecule has 6 heteroatoms. The molecule has 1 N–H and O–H groups in total. The van der Waals surface area contributed by atoms with Crippen molar-refractivity contribution in [3.63, 3.8) is 0 Å². The zero-order valence-corrected chi connectivity index (χ0v) is 15.6. The van der Waals surface area contributed by atoms with Crippen molar-refractivity contribution in [3.8, 4) is 0 Å². The van der Waals surface area contributed by atoms with E-state index in [9.17, 15) is 4.79 Å². The quantitative estimate of drug-likeness (QED) is 0.579. The predicted molar refractivity (Wildman–Crippen MR) is 101 cm³/mol. The second-order valence-corrected chi connectivity index (χ2v) is 6.21. The van der Waals surface area contributed by atoms with Crippen LogP contribution in [0.25, 0.3) is 6.08 Å². The smallest absolute Gasteiger partial charge is 0.244 e. The van der Waals surface area contributed by atoms with E-state index in [-0.39, 0.29) is 5.91 Å². The van der Waals surface area contributed by atoms with Crippen molar-refractivity contribution < 1.29 is 9.53 Å². The summed E-state index contributed by atoms with van der Waals surface area (Å²) in [4.78, 5) is 11.9. The summed E-state index contributed by atoms with van der Waals surface area (Å²) in [6.45, 7) is 5.76. The number of carbonyl (C=O) groups is 1. The van der Waals surface area contributed by atoms with Crippen LogP contribution in [0.5, 0.6) is 0 Å². The van der Waals surface area contributed by atoms with Crippen molar-refractivity contribution in [3.05, 3.63) is 57.9 Å². The van der Waals surface area contributed by atoms with Crippen molar-refractivity contribution in [2.75, 3.05) is 20.3 Å². The van der Waals surface area contributed by atoms with E-state index in [0.717, 1.165) is 34.0 Å². The summed E-state index contributed by atoms with van der Waals surface area (Å²) in [6, 6.07) is 7.73. The molecule has 0 aliphatic rings. The fourth-order valence-corrected chi connectivity index (χ4v) is 2.74. The summed E-state index contributed by atoms with van der Waals surface area (Å²) >= 11 is 6.23. The van der Waals surface area contributed by atoms with Crippen molar-refractivity contribution >= 4 is 23.6 Å². The largest absolute Gasteiger partial charge is 0.385 e. The Balaban J connectivity index is 2.05. The number of nitrogens with zero attached hydrogens (tertiary/aromatic N) is 2. The first-order chi connectivity index (χ1) is 12.0. The van der Waals surface area contributed by atoms with Gasteiger partial charge in [0, 0.05) is 42.6 Å². The Kier molecular flexibility index (Phi) is 7.22. The van der Waals surface area contributed by atoms with Crippen molar-refractivity contribution in [1.29, 1.82) is 0 Å². The van der Waals surface area contributed by atoms with Gasteiger partial charge in [0.25, 0.3) is 0 Å². The van der Waals surface area contributed by atoms with E-state index in [1.54, 1.807) is 13.2 Å². The maximum Gasteiger partial charge on any atom is 0.244 e. The van der Waals surface area contributed by atoms with Gasteiger partial charge in [0.15, 0.2) is 0 Å². The van der Waals surface area contributed by atoms with E-state index < -0.39 is 0 Å². The Morgan fingerprint density at radius 2 is 2.12 bits per heavy atom. The van der Waals surface area contributed by atoms with Crippen LogP contribution in [0.15, 0.2) is 30.3 Å². The van der Waals surface area contributed by atoms with Gasteiger partial charge >= 0.3 is 0 Å². The zero-order valence-electron chi connectivity index (χ0n) is 14.9. The molecule has 0 saturated carbocycles. The lowest BCUT2D eigenvalue weighted by atomic mass is 10.1. The average Bonchev–Trinajstić information content (AvgIpc) is 2.85. The van der Waals surface area contributed by atoms with Gasteiger partial charge in [-0.15, -0.1) is 0 Å². The predicted octanol–water partition coefficient (Wildman–Crippen LogP) is 3.37. The number of halogens is 1. The lowest BCUT2D eigenvalue weighted by molar-refractivity contribution is -0.116. The normalized spacial score (nSPS) is 11.2. The molecule has 1 amide bonds. The van der Waals surface area contributed by atoms with Gasteiger partial charge in [0.2, 0.25) is 5.91 Å². The minimum Gasteiger partial charge on any atom is -0.385 e. The summed E-state index contributed by atoms with van der Waals surface area (Å²) in [6.07, 6.45) is 4.15. The first kappa shape index (κ1) is 19.2. The number of methoxy groups -OCH3 is 1. The van der Waals surface area contributed by atoms with Gasteiger partial charge < -0.3 is 10.1 Å². The van der Waals surface area contributed by atoms with Gasteiger partial charge in [0.1, 0.15) is 0 Å². The topological polar surface area (TPSA) is 56.1 Å². The number of carbonyl (C=O) groups excluding carboxylic acids is 1. The van der Waals surface area contributed by atoms with Gasteiger partial charge in [-0.1, -0.05) is 29.8 Å². The summed E-state index contributed by atoms with van der Waals surface area (Å²) in [5.74, 6) is -0.117. The van der Waals surface area contributed by atoms with Crippen LogP contribution >= 0.6 is 11.6 Å². The van der Waals surface area contributed by atoms with Gasteiger partial charge in [-0.2, -0.15) is 5.10 Å². The number of amides is 1. The van der Waals surface area contributed by atoms with E-state index in [0.29, 0.717) is 19.7 Å². The molecule has 1 heterocycles. The van der Waals surface area contributed by atoms with Crippen molar-refractivity contribution in [1.82, 2.24) is 15.1 Å². The molecular weight excluding hydrogens is 338 g/mol. The number of rotatable bonds is 8. The molecule has 0 bridgehead atoms. The van der Waals surface area contributed by atoms with E-state index in [4.69, 9.17) is 16.3 Å². The lowest BCUT2D eigenvalue weighted by Crippen LogP contribution is -2.22. The molecule has 0 spiro atoms. The van der Waals surface area contributed by atoms with Gasteiger partial charge in [-0.05, 0) is 38.0 Å². The SMILES string of the molecule is COCCCNC(=O)/C=C/c1c(C)nn(Cc2ccccc2Cl)c1C. The van der Waals surface area contributed by atoms with Crippen LogP contribution in [0.1, 0.15) is 28.9 Å². The van der Waals surface area contributed by atoms with Crippen molar-refractivity contribution in [2.24, 2.45) is 0 Å². The number of hydrogen-bond donors (Lipinski definition) is 1. The molecule has 0 atom stereocenters. The minimum absolute atomic E-state index is 0.117. The summed E-state index contributed by atoms with van der Waals surface area (Å²) < 4.78 is 6.86. The second kappa shape index (κ2) is 9.39. The molecule has 0 radical (unpaired) electrons. The first-order valence-electron chi connectivity index (χ1n) is 8.25. The Morgan fingerprint density at radius 3 is 2.84 bits per heavy atom. The Labute approximate surface area is 153 Å². The minimum atomic E-state index is -0.117. The summed E-state index contributed by atoms with van der Waals surface area (Å²) in [7, 11) is 1.65. The van der Waals surface area contributed by atoms with E-state index in [2.05, 4.69) is 10.4 Å². The molecule has 134 valence electrons. The first-order valence-corrected chi connectivity index (χ1v) is 8.63. The molecule has 0 fully saturated rings. The summed E-state index contributed by atoms with van der Waals surface area (Å²) in [5, 5.41) is 8.12. The fraction of sp³-hybridized carbons (Fsp3) is 0.368. The van der Waals surface area contributed by atoms with Crippen LogP contribution < -0.4 is 5.32 Å². The molecular formula is C19H24ClN3O2. The van der Waals surface area contributed by atoms with Crippen molar-refractivity contribution in [2.45, 2.75) is 26.8 Å². The van der Waals surface area contributed by atoms with E-state index >= 15 is 0 Å². The van der Waals surface area contributed by atoms with Gasteiger partial charge in [0.05, 0.1) is 12.2 Å². The van der Waals surface area contributed by atoms with Crippen LogP contribution in [0.4, 0.5) is 0 Å². The molecule has 2 aromatic rings. The summed E-state index contributed by atoms with van der Waals surface area (Å²) in [5.41, 5.74) is 3.86. The number of aromatic nitrogens is 2. The highest BCUT2D eigenvalue weighted by Gasteiger charge is 2.11. The number of benzene rings is 1. The Morgan fingerprint density at radius 1 is 1.36 bits per heavy atom. The molecule has 2 rings (SSSR count). The van der Waals surface area contributed by atoms with Crippen LogP contribution in [0.2, 0.25) is 5.02 Å². The molecule has 1 aromatic carbocycles. The Hall–Kier alpha value is -2.11. The van der Waals surface area contributed by atoms with Crippen LogP contribution in [-0.4, -0.2) is 35.9 Å². The highest BCUT2D eigenvalue weighted by atomic mass is 35.5. The van der Waals surface area contributed by atoms with Crippen LogP contribution in [-0.2, 0) is 16.1 Å². The molecule has 0 saturated heterocycles. The standard InChI is InChI=1S/C19H24ClN3O2/c1-14-17(9-10-19(24)21-11-6-12-25-3)15(2)23(22-14)13-16-7-4-5-8-18(16)20/h4-5,7-10H,6,11-13H2,1-3H3,(H,21,24)/b10-9+. The maximum atomic E-state index is 11.9. The zero-order chi connectivity index (χ0) is 18.2. The molecule has 1 aromatic heterocycles. The maximum absolute atomic E-state index is 11.9. The highest BCUT2D eigenvalue weighted by Crippen LogP contribution is 2.20. The molecule has 5 nitrogen and oxygen atoms in total. The Bertz CT molecular complexity index is 753. The van der Waals surface area contributed by atoms with Gasteiger partial charge in [-0.3, -0.25) is 9.48 Å². The van der Waals surface area contributed by atoms with E-state index in [1.165, 1.54) is 0 Å². The number of aryl methyl sites for hydroxylation is 1.